The predicted molar refractivity (Wildman–Crippen MR) is 168 cm³/mol. The van der Waals surface area contributed by atoms with E-state index in [1.54, 1.807) is 0 Å². The van der Waals surface area contributed by atoms with Gasteiger partial charge in [-0.25, -0.2) is 0 Å². The Hall–Kier alpha value is -1.04. The van der Waals surface area contributed by atoms with E-state index in [9.17, 15) is 0 Å². The van der Waals surface area contributed by atoms with Gasteiger partial charge in [0.2, 0.25) is 0 Å². The van der Waals surface area contributed by atoms with Crippen molar-refractivity contribution in [1.29, 1.82) is 0 Å². The topological polar surface area (TPSA) is 73.8 Å². The van der Waals surface area contributed by atoms with Crippen LogP contribution < -0.4 is 4.74 Å². The summed E-state index contributed by atoms with van der Waals surface area (Å²) in [6.45, 7) is 16.6. The van der Waals surface area contributed by atoms with Crippen LogP contribution in [-0.4, -0.2) is 101 Å². The molecule has 0 unspecified atom stereocenters. The van der Waals surface area contributed by atoms with E-state index in [1.807, 2.05) is 0 Å². The number of unbranched alkanes of at least 4 members (excludes halogenated alkanes) is 6. The van der Waals surface area contributed by atoms with E-state index in [0.717, 1.165) is 12.2 Å². The van der Waals surface area contributed by atoms with E-state index < -0.39 is 8.32 Å². The molecule has 1 aromatic rings. The van der Waals surface area contributed by atoms with Crippen molar-refractivity contribution in [3.05, 3.63) is 29.8 Å². The molecule has 240 valence electrons. The van der Waals surface area contributed by atoms with Crippen LogP contribution in [0.1, 0.15) is 57.4 Å². The highest BCUT2D eigenvalue weighted by atomic mass is 28.4. The minimum absolute atomic E-state index is 0.535. The number of hydrogen-bond acceptors (Lipinski definition) is 8. The van der Waals surface area contributed by atoms with Gasteiger partial charge in [0.05, 0.1) is 85.9 Å². The van der Waals surface area contributed by atoms with Crippen LogP contribution in [0.15, 0.2) is 24.3 Å². The maximum Gasteiger partial charge on any atom is 0.183 e. The van der Waals surface area contributed by atoms with E-state index in [4.69, 9.17) is 37.6 Å². The summed E-state index contributed by atoms with van der Waals surface area (Å²) in [4.78, 5) is 0. The molecule has 41 heavy (non-hydrogen) atoms. The molecule has 8 nitrogen and oxygen atoms in total. The van der Waals surface area contributed by atoms with Gasteiger partial charge in [-0.2, -0.15) is 0 Å². The summed E-state index contributed by atoms with van der Waals surface area (Å²) in [6.07, 6.45) is 10.6. The van der Waals surface area contributed by atoms with Crippen molar-refractivity contribution < 1.29 is 37.6 Å². The Morgan fingerprint density at radius 2 is 0.854 bits per heavy atom. The van der Waals surface area contributed by atoms with Gasteiger partial charge in [-0.1, -0.05) is 57.6 Å². The van der Waals surface area contributed by atoms with Crippen LogP contribution >= 0.6 is 0 Å². The third kappa shape index (κ3) is 27.5. The van der Waals surface area contributed by atoms with Gasteiger partial charge in [-0.05, 0) is 50.2 Å². The maximum absolute atomic E-state index is 5.77. The standard InChI is InChI=1S/C32H60O8Si/c1-5-6-7-8-9-10-11-12-31-13-15-32(16-14-31)39-29-27-37-25-23-35-21-19-33-17-18-34-20-22-36-24-26-38-28-30-40-41(2,3)4/h13-16H,5-12,17-30H2,1-4H3. The van der Waals surface area contributed by atoms with Crippen LogP contribution in [0.25, 0.3) is 0 Å². The first-order valence-corrected chi connectivity index (χ1v) is 19.2. The lowest BCUT2D eigenvalue weighted by Gasteiger charge is -2.16. The average Bonchev–Trinajstić information content (AvgIpc) is 2.95. The molecule has 0 fully saturated rings. The van der Waals surface area contributed by atoms with Crippen molar-refractivity contribution in [3.63, 3.8) is 0 Å². The molecule has 0 aliphatic rings. The summed E-state index contributed by atoms with van der Waals surface area (Å²) in [6, 6.07) is 8.47. The average molecular weight is 601 g/mol. The molecule has 0 heterocycles. The highest BCUT2D eigenvalue weighted by Crippen LogP contribution is 2.15. The van der Waals surface area contributed by atoms with Crippen LogP contribution in [0.4, 0.5) is 0 Å². The first-order chi connectivity index (χ1) is 20.0. The Kier molecular flexibility index (Phi) is 25.7. The zero-order valence-corrected chi connectivity index (χ0v) is 27.6. The number of aryl methyl sites for hydroxylation is 1. The first-order valence-electron chi connectivity index (χ1n) is 15.8. The summed E-state index contributed by atoms with van der Waals surface area (Å²) < 4.78 is 44.6. The Bertz CT molecular complexity index is 669. The van der Waals surface area contributed by atoms with Crippen molar-refractivity contribution in [1.82, 2.24) is 0 Å². The molecule has 1 aromatic carbocycles. The number of hydrogen-bond donors (Lipinski definition) is 0. The van der Waals surface area contributed by atoms with Crippen molar-refractivity contribution in [2.75, 3.05) is 92.5 Å². The largest absolute Gasteiger partial charge is 0.491 e. The van der Waals surface area contributed by atoms with Gasteiger partial charge in [-0.3, -0.25) is 0 Å². The molecule has 0 aliphatic carbocycles. The van der Waals surface area contributed by atoms with Gasteiger partial charge in [0, 0.05) is 0 Å². The lowest BCUT2D eigenvalue weighted by molar-refractivity contribution is -0.0188. The molecular formula is C32H60O8Si. The third-order valence-corrected chi connectivity index (χ3v) is 7.18. The fourth-order valence-corrected chi connectivity index (χ4v) is 4.56. The van der Waals surface area contributed by atoms with Crippen molar-refractivity contribution in [2.24, 2.45) is 0 Å². The lowest BCUT2D eigenvalue weighted by Crippen LogP contribution is -2.27. The lowest BCUT2D eigenvalue weighted by atomic mass is 10.0. The van der Waals surface area contributed by atoms with Crippen LogP contribution in [0.5, 0.6) is 5.75 Å². The molecule has 1 rings (SSSR count). The maximum atomic E-state index is 5.77. The second-order valence-electron chi connectivity index (χ2n) is 11.0. The summed E-state index contributed by atoms with van der Waals surface area (Å²) in [5.74, 6) is 0.894. The molecule has 0 N–H and O–H groups in total. The van der Waals surface area contributed by atoms with E-state index >= 15 is 0 Å². The molecule has 0 aromatic heterocycles. The molecule has 0 radical (unpaired) electrons. The Morgan fingerprint density at radius 3 is 1.29 bits per heavy atom. The molecule has 0 bridgehead atoms. The van der Waals surface area contributed by atoms with E-state index in [1.165, 1.54) is 50.5 Å². The predicted octanol–water partition coefficient (Wildman–Crippen LogP) is 6.31. The quantitative estimate of drug-likeness (QED) is 0.0725. The van der Waals surface area contributed by atoms with Gasteiger partial charge in [-0.15, -0.1) is 0 Å². The molecule has 0 atom stereocenters. The van der Waals surface area contributed by atoms with Crippen molar-refractivity contribution in [2.45, 2.75) is 77.9 Å². The van der Waals surface area contributed by atoms with Crippen LogP contribution in [0.3, 0.4) is 0 Å². The number of rotatable bonds is 31. The van der Waals surface area contributed by atoms with E-state index in [2.05, 4.69) is 50.8 Å². The van der Waals surface area contributed by atoms with Crippen molar-refractivity contribution >= 4 is 8.32 Å². The summed E-state index contributed by atoms with van der Waals surface area (Å²) in [7, 11) is -1.44. The number of benzene rings is 1. The van der Waals surface area contributed by atoms with Gasteiger partial charge in [0.15, 0.2) is 8.32 Å². The molecule has 0 aliphatic heterocycles. The second kappa shape index (κ2) is 27.8. The summed E-state index contributed by atoms with van der Waals surface area (Å²) in [5.41, 5.74) is 1.39. The van der Waals surface area contributed by atoms with Crippen molar-refractivity contribution in [3.8, 4) is 5.75 Å². The SMILES string of the molecule is CCCCCCCCCc1ccc(OCCOCCOCCOCCOCCOCCOCCO[Si](C)(C)C)cc1. The highest BCUT2D eigenvalue weighted by molar-refractivity contribution is 6.69. The second-order valence-corrected chi connectivity index (χ2v) is 15.5. The zero-order valence-electron chi connectivity index (χ0n) is 26.6. The van der Waals surface area contributed by atoms with Crippen LogP contribution in [-0.2, 0) is 39.3 Å². The zero-order chi connectivity index (χ0) is 29.7. The number of ether oxygens (including phenoxy) is 7. The first kappa shape index (κ1) is 38.0. The Labute approximate surface area is 251 Å². The molecule has 0 spiro atoms. The minimum atomic E-state index is -1.44. The highest BCUT2D eigenvalue weighted by Gasteiger charge is 2.13. The molecule has 0 saturated heterocycles. The smallest absolute Gasteiger partial charge is 0.183 e. The molecule has 0 saturated carbocycles. The molecule has 0 amide bonds. The molecule has 9 heteroatoms. The van der Waals surface area contributed by atoms with Gasteiger partial charge in [0.25, 0.3) is 0 Å². The van der Waals surface area contributed by atoms with Crippen LogP contribution in [0, 0.1) is 0 Å². The third-order valence-electron chi connectivity index (χ3n) is 6.11. The van der Waals surface area contributed by atoms with E-state index in [0.29, 0.717) is 92.5 Å². The Balaban J connectivity index is 1.76. The van der Waals surface area contributed by atoms with E-state index in [-0.39, 0.29) is 0 Å². The van der Waals surface area contributed by atoms with Gasteiger partial charge in [0.1, 0.15) is 12.4 Å². The van der Waals surface area contributed by atoms with Gasteiger partial charge < -0.3 is 37.6 Å². The fraction of sp³-hybridized carbons (Fsp3) is 0.812. The summed E-state index contributed by atoms with van der Waals surface area (Å²) >= 11 is 0. The summed E-state index contributed by atoms with van der Waals surface area (Å²) in [5, 5.41) is 0. The fourth-order valence-electron chi connectivity index (χ4n) is 3.87. The minimum Gasteiger partial charge on any atom is -0.491 e. The Morgan fingerprint density at radius 1 is 0.463 bits per heavy atom. The normalized spacial score (nSPS) is 11.8. The monoisotopic (exact) mass is 600 g/mol. The molecular weight excluding hydrogens is 540 g/mol. The van der Waals surface area contributed by atoms with Gasteiger partial charge >= 0.3 is 0 Å². The van der Waals surface area contributed by atoms with Crippen LogP contribution in [0.2, 0.25) is 19.6 Å².